The minimum Gasteiger partial charge on any atom is -0.366 e. The van der Waals surface area contributed by atoms with Crippen LogP contribution in [0, 0.1) is 6.92 Å². The molecule has 0 bridgehead atoms. The molecule has 0 aliphatic rings. The van der Waals surface area contributed by atoms with Gasteiger partial charge >= 0.3 is 0 Å². The van der Waals surface area contributed by atoms with Crippen molar-refractivity contribution in [1.82, 2.24) is 9.78 Å². The minimum atomic E-state index is -0.578. The van der Waals surface area contributed by atoms with Gasteiger partial charge in [0.15, 0.2) is 0 Å². The van der Waals surface area contributed by atoms with E-state index in [0.29, 0.717) is 17.1 Å². The standard InChI is InChI=1S/C16H13Cl2N3O/c1-9-10-4-2-3-5-14(10)20-21(9)8-12-13(17)7-6-11(15(12)18)16(19)22/h2-7H,8H2,1H3,(H2,19,22). The van der Waals surface area contributed by atoms with Crippen molar-refractivity contribution in [3.63, 3.8) is 0 Å². The monoisotopic (exact) mass is 333 g/mol. The van der Waals surface area contributed by atoms with Crippen molar-refractivity contribution >= 4 is 40.0 Å². The molecule has 22 heavy (non-hydrogen) atoms. The predicted octanol–water partition coefficient (Wildman–Crippen LogP) is 3.80. The highest BCUT2D eigenvalue weighted by Crippen LogP contribution is 2.30. The number of carbonyl (C=O) groups excluding carboxylic acids is 1. The fraction of sp³-hybridized carbons (Fsp3) is 0.125. The maximum absolute atomic E-state index is 11.4. The number of hydrogen-bond acceptors (Lipinski definition) is 2. The molecule has 3 rings (SSSR count). The number of primary amides is 1. The Kier molecular flexibility index (Phi) is 3.81. The molecule has 0 fully saturated rings. The first-order chi connectivity index (χ1) is 10.5. The summed E-state index contributed by atoms with van der Waals surface area (Å²) in [6, 6.07) is 11.0. The number of hydrogen-bond donors (Lipinski definition) is 1. The van der Waals surface area contributed by atoms with E-state index < -0.39 is 5.91 Å². The van der Waals surface area contributed by atoms with E-state index in [4.69, 9.17) is 28.9 Å². The second-order valence-corrected chi connectivity index (χ2v) is 5.80. The smallest absolute Gasteiger partial charge is 0.250 e. The van der Waals surface area contributed by atoms with Gasteiger partial charge in [0.1, 0.15) is 0 Å². The minimum absolute atomic E-state index is 0.260. The lowest BCUT2D eigenvalue weighted by Gasteiger charge is -2.11. The third-order valence-corrected chi connectivity index (χ3v) is 4.45. The van der Waals surface area contributed by atoms with Crippen molar-refractivity contribution in [2.75, 3.05) is 0 Å². The second-order valence-electron chi connectivity index (χ2n) is 5.01. The van der Waals surface area contributed by atoms with Crippen LogP contribution >= 0.6 is 23.2 Å². The van der Waals surface area contributed by atoms with Crippen LogP contribution in [0.25, 0.3) is 10.9 Å². The first kappa shape index (κ1) is 14.9. The molecule has 112 valence electrons. The van der Waals surface area contributed by atoms with E-state index in [2.05, 4.69) is 5.10 Å². The molecule has 4 nitrogen and oxygen atoms in total. The van der Waals surface area contributed by atoms with Gasteiger partial charge in [0.25, 0.3) is 0 Å². The lowest BCUT2D eigenvalue weighted by Crippen LogP contribution is -2.13. The Morgan fingerprint density at radius 3 is 2.64 bits per heavy atom. The SMILES string of the molecule is Cc1c2ccccc2nn1Cc1c(Cl)ccc(C(N)=O)c1Cl. The lowest BCUT2D eigenvalue weighted by molar-refractivity contribution is 0.100. The third kappa shape index (κ3) is 2.45. The van der Waals surface area contributed by atoms with E-state index in [1.807, 2.05) is 35.9 Å². The fourth-order valence-electron chi connectivity index (χ4n) is 2.45. The average Bonchev–Trinajstić information content (AvgIpc) is 2.80. The molecule has 0 aliphatic heterocycles. The van der Waals surface area contributed by atoms with Gasteiger partial charge in [0.05, 0.1) is 22.6 Å². The third-order valence-electron chi connectivity index (χ3n) is 3.67. The van der Waals surface area contributed by atoms with Gasteiger partial charge in [-0.25, -0.2) is 0 Å². The van der Waals surface area contributed by atoms with Crippen molar-refractivity contribution in [3.8, 4) is 0 Å². The average molecular weight is 334 g/mol. The molecule has 1 aromatic heterocycles. The van der Waals surface area contributed by atoms with Crippen molar-refractivity contribution in [2.24, 2.45) is 5.73 Å². The highest BCUT2D eigenvalue weighted by molar-refractivity contribution is 6.38. The zero-order valence-corrected chi connectivity index (χ0v) is 13.3. The first-order valence-corrected chi connectivity index (χ1v) is 7.43. The number of nitrogens with zero attached hydrogens (tertiary/aromatic N) is 2. The summed E-state index contributed by atoms with van der Waals surface area (Å²) >= 11 is 12.5. The molecule has 6 heteroatoms. The zero-order chi connectivity index (χ0) is 15.9. The van der Waals surface area contributed by atoms with Crippen molar-refractivity contribution in [3.05, 3.63) is 63.3 Å². The molecule has 2 N–H and O–H groups in total. The molecule has 0 saturated heterocycles. The molecule has 1 heterocycles. The van der Waals surface area contributed by atoms with E-state index in [1.54, 1.807) is 6.07 Å². The number of halogens is 2. The molecule has 0 radical (unpaired) electrons. The fourth-order valence-corrected chi connectivity index (χ4v) is 3.03. The Morgan fingerprint density at radius 1 is 1.23 bits per heavy atom. The number of aryl methyl sites for hydroxylation is 1. The summed E-state index contributed by atoms with van der Waals surface area (Å²) < 4.78 is 1.82. The van der Waals surface area contributed by atoms with E-state index in [1.165, 1.54) is 6.07 Å². The number of benzene rings is 2. The van der Waals surface area contributed by atoms with E-state index >= 15 is 0 Å². The maximum atomic E-state index is 11.4. The first-order valence-electron chi connectivity index (χ1n) is 6.68. The Bertz CT molecular complexity index is 886. The molecule has 1 amide bonds. The Labute approximate surface area is 137 Å². The molecule has 0 unspecified atom stereocenters. The summed E-state index contributed by atoms with van der Waals surface area (Å²) in [6.45, 7) is 2.36. The van der Waals surface area contributed by atoms with Gasteiger partial charge in [-0.05, 0) is 25.1 Å². The number of aromatic nitrogens is 2. The van der Waals surface area contributed by atoms with Gasteiger partial charge in [-0.3, -0.25) is 9.48 Å². The Morgan fingerprint density at radius 2 is 1.95 bits per heavy atom. The Hall–Kier alpha value is -2.04. The summed E-state index contributed by atoms with van der Waals surface area (Å²) in [6.07, 6.45) is 0. The van der Waals surface area contributed by atoms with Crippen molar-refractivity contribution in [1.29, 1.82) is 0 Å². The van der Waals surface area contributed by atoms with Crippen LogP contribution in [0.15, 0.2) is 36.4 Å². The van der Waals surface area contributed by atoms with Crippen LogP contribution in [0.1, 0.15) is 21.6 Å². The van der Waals surface area contributed by atoms with E-state index in [9.17, 15) is 4.79 Å². The van der Waals surface area contributed by atoms with E-state index in [0.717, 1.165) is 16.6 Å². The molecule has 0 atom stereocenters. The maximum Gasteiger partial charge on any atom is 0.250 e. The highest BCUT2D eigenvalue weighted by atomic mass is 35.5. The second kappa shape index (κ2) is 5.63. The Balaban J connectivity index is 2.10. The number of rotatable bonds is 3. The molecular weight excluding hydrogens is 321 g/mol. The molecule has 0 aliphatic carbocycles. The van der Waals surface area contributed by atoms with Gasteiger partial charge in [-0.2, -0.15) is 5.10 Å². The molecule has 0 saturated carbocycles. The van der Waals surface area contributed by atoms with Crippen LogP contribution in [0.2, 0.25) is 10.0 Å². The van der Waals surface area contributed by atoms with Crippen LogP contribution in [0.3, 0.4) is 0 Å². The molecular formula is C16H13Cl2N3O. The highest BCUT2D eigenvalue weighted by Gasteiger charge is 2.16. The van der Waals surface area contributed by atoms with Crippen LogP contribution in [0.5, 0.6) is 0 Å². The van der Waals surface area contributed by atoms with Crippen LogP contribution in [-0.4, -0.2) is 15.7 Å². The number of carbonyl (C=O) groups is 1. The summed E-state index contributed by atoms with van der Waals surface area (Å²) in [7, 11) is 0. The molecule has 2 aromatic carbocycles. The van der Waals surface area contributed by atoms with Crippen LogP contribution in [0.4, 0.5) is 0 Å². The van der Waals surface area contributed by atoms with Gasteiger partial charge in [-0.1, -0.05) is 41.4 Å². The predicted molar refractivity (Wildman–Crippen MR) is 88.6 cm³/mol. The van der Waals surface area contributed by atoms with Gasteiger partial charge < -0.3 is 5.73 Å². The zero-order valence-electron chi connectivity index (χ0n) is 11.8. The van der Waals surface area contributed by atoms with Gasteiger partial charge in [-0.15, -0.1) is 0 Å². The number of amides is 1. The lowest BCUT2D eigenvalue weighted by atomic mass is 10.1. The number of nitrogens with two attached hydrogens (primary N) is 1. The molecule has 0 spiro atoms. The van der Waals surface area contributed by atoms with Gasteiger partial charge in [0.2, 0.25) is 5.91 Å². The summed E-state index contributed by atoms with van der Waals surface area (Å²) in [5.41, 5.74) is 8.13. The van der Waals surface area contributed by atoms with Crippen molar-refractivity contribution in [2.45, 2.75) is 13.5 Å². The van der Waals surface area contributed by atoms with Crippen LogP contribution < -0.4 is 5.73 Å². The van der Waals surface area contributed by atoms with Gasteiger partial charge in [0, 0.05) is 21.7 Å². The quantitative estimate of drug-likeness (QED) is 0.792. The van der Waals surface area contributed by atoms with E-state index in [-0.39, 0.29) is 10.6 Å². The largest absolute Gasteiger partial charge is 0.366 e. The summed E-state index contributed by atoms with van der Waals surface area (Å²) in [4.78, 5) is 11.4. The molecule has 3 aromatic rings. The summed E-state index contributed by atoms with van der Waals surface area (Å²) in [5.74, 6) is -0.578. The van der Waals surface area contributed by atoms with Crippen LogP contribution in [-0.2, 0) is 6.54 Å². The topological polar surface area (TPSA) is 60.9 Å². The van der Waals surface area contributed by atoms with Crippen molar-refractivity contribution < 1.29 is 4.79 Å². The number of fused-ring (bicyclic) bond motifs is 1. The summed E-state index contributed by atoms with van der Waals surface area (Å²) in [5, 5.41) is 6.37. The normalized spacial score (nSPS) is 11.0.